The van der Waals surface area contributed by atoms with Crippen LogP contribution < -0.4 is 5.32 Å². The van der Waals surface area contributed by atoms with Crippen LogP contribution in [0.3, 0.4) is 0 Å². The number of aromatic nitrogens is 2. The van der Waals surface area contributed by atoms with Crippen LogP contribution in [-0.2, 0) is 24.3 Å². The quantitative estimate of drug-likeness (QED) is 0.653. The van der Waals surface area contributed by atoms with E-state index in [1.807, 2.05) is 65.2 Å². The minimum absolute atomic E-state index is 0.0897. The minimum Gasteiger partial charge on any atom is -0.339 e. The summed E-state index contributed by atoms with van der Waals surface area (Å²) in [6.45, 7) is 5.43. The highest BCUT2D eigenvalue weighted by Crippen LogP contribution is 2.10. The second-order valence-corrected chi connectivity index (χ2v) is 8.21. The molecule has 0 unspecified atom stereocenters. The van der Waals surface area contributed by atoms with Crippen LogP contribution in [0.4, 0.5) is 4.79 Å². The summed E-state index contributed by atoms with van der Waals surface area (Å²) in [5.41, 5.74) is 4.40. The number of hydrogen-bond donors (Lipinski definition) is 1. The summed E-state index contributed by atoms with van der Waals surface area (Å²) in [5.74, 6) is 0.114. The zero-order valence-corrected chi connectivity index (χ0v) is 18.4. The molecule has 7 heteroatoms. The summed E-state index contributed by atoms with van der Waals surface area (Å²) >= 11 is 0. The molecule has 3 amide bonds. The predicted octanol–water partition coefficient (Wildman–Crippen LogP) is 2.84. The number of urea groups is 1. The first kappa shape index (κ1) is 21.6. The van der Waals surface area contributed by atoms with Crippen LogP contribution >= 0.6 is 0 Å². The number of amides is 3. The summed E-state index contributed by atoms with van der Waals surface area (Å²) in [7, 11) is 0. The molecule has 1 fully saturated rings. The molecule has 0 saturated carbocycles. The third kappa shape index (κ3) is 5.75. The van der Waals surface area contributed by atoms with Gasteiger partial charge in [-0.25, -0.2) is 4.79 Å². The Balaban J connectivity index is 1.22. The smallest absolute Gasteiger partial charge is 0.317 e. The topological polar surface area (TPSA) is 70.5 Å². The number of nitrogens with zero attached hydrogens (tertiary/aromatic N) is 4. The molecule has 0 radical (unpaired) electrons. The number of hydrogen-bond acceptors (Lipinski definition) is 3. The van der Waals surface area contributed by atoms with Gasteiger partial charge in [0.2, 0.25) is 5.91 Å². The van der Waals surface area contributed by atoms with Gasteiger partial charge in [-0.2, -0.15) is 5.10 Å². The Hall–Kier alpha value is -3.61. The van der Waals surface area contributed by atoms with E-state index < -0.39 is 0 Å². The number of nitrogens with one attached hydrogen (secondary N) is 1. The minimum atomic E-state index is -0.0897. The molecule has 0 atom stereocenters. The van der Waals surface area contributed by atoms with E-state index in [-0.39, 0.29) is 11.9 Å². The van der Waals surface area contributed by atoms with Gasteiger partial charge in [-0.1, -0.05) is 54.1 Å². The highest BCUT2D eigenvalue weighted by atomic mass is 16.2. The van der Waals surface area contributed by atoms with Crippen molar-refractivity contribution in [2.45, 2.75) is 26.4 Å². The van der Waals surface area contributed by atoms with E-state index in [0.29, 0.717) is 45.7 Å². The summed E-state index contributed by atoms with van der Waals surface area (Å²) in [4.78, 5) is 28.8. The van der Waals surface area contributed by atoms with Crippen molar-refractivity contribution in [1.29, 1.82) is 0 Å². The van der Waals surface area contributed by atoms with Crippen molar-refractivity contribution in [2.24, 2.45) is 0 Å². The number of rotatable bonds is 6. The normalized spacial score (nSPS) is 13.8. The van der Waals surface area contributed by atoms with Gasteiger partial charge in [-0.15, -0.1) is 0 Å². The Morgan fingerprint density at radius 3 is 2.34 bits per heavy atom. The molecule has 166 valence electrons. The first-order valence-corrected chi connectivity index (χ1v) is 11.0. The molecule has 0 spiro atoms. The van der Waals surface area contributed by atoms with Crippen molar-refractivity contribution in [3.8, 4) is 0 Å². The molecule has 2 aromatic carbocycles. The molecule has 32 heavy (non-hydrogen) atoms. The molecular formula is C25H29N5O2. The van der Waals surface area contributed by atoms with Gasteiger partial charge in [0.1, 0.15) is 0 Å². The van der Waals surface area contributed by atoms with Crippen LogP contribution in [0.15, 0.2) is 67.0 Å². The Labute approximate surface area is 188 Å². The van der Waals surface area contributed by atoms with Gasteiger partial charge in [0.05, 0.1) is 13.0 Å². The van der Waals surface area contributed by atoms with Crippen LogP contribution in [-0.4, -0.2) is 57.7 Å². The second kappa shape index (κ2) is 10.1. The number of carbonyl (C=O) groups excluding carboxylic acids is 2. The SMILES string of the molecule is Cc1ccc(CC(=O)N2CCN(C(=O)NCc3cccc(Cn4cccn4)c3)CC2)cc1. The fourth-order valence-corrected chi connectivity index (χ4v) is 3.86. The summed E-state index contributed by atoms with van der Waals surface area (Å²) < 4.78 is 1.87. The van der Waals surface area contributed by atoms with Gasteiger partial charge in [-0.3, -0.25) is 9.48 Å². The molecule has 1 aromatic heterocycles. The van der Waals surface area contributed by atoms with Crippen molar-refractivity contribution in [2.75, 3.05) is 26.2 Å². The van der Waals surface area contributed by atoms with Crippen LogP contribution in [0.2, 0.25) is 0 Å². The molecule has 3 aromatic rings. The predicted molar refractivity (Wildman–Crippen MR) is 123 cm³/mol. The van der Waals surface area contributed by atoms with E-state index in [4.69, 9.17) is 0 Å². The standard InChI is InChI=1S/C25H29N5O2/c1-20-6-8-21(9-7-20)17-24(31)28-12-14-29(15-13-28)25(32)26-18-22-4-2-5-23(16-22)19-30-11-3-10-27-30/h2-11,16H,12-15,17-19H2,1H3,(H,26,32). The first-order chi connectivity index (χ1) is 15.6. The number of aryl methyl sites for hydroxylation is 1. The third-order valence-corrected chi connectivity index (χ3v) is 5.73. The molecule has 4 rings (SSSR count). The molecule has 1 N–H and O–H groups in total. The average Bonchev–Trinajstić information content (AvgIpc) is 3.32. The number of carbonyl (C=O) groups is 2. The van der Waals surface area contributed by atoms with Crippen molar-refractivity contribution < 1.29 is 9.59 Å². The fraction of sp³-hybridized carbons (Fsp3) is 0.320. The number of piperazine rings is 1. The lowest BCUT2D eigenvalue weighted by Crippen LogP contribution is -2.53. The van der Waals surface area contributed by atoms with E-state index >= 15 is 0 Å². The molecule has 1 saturated heterocycles. The lowest BCUT2D eigenvalue weighted by Gasteiger charge is -2.34. The van der Waals surface area contributed by atoms with Crippen LogP contribution in [0.25, 0.3) is 0 Å². The lowest BCUT2D eigenvalue weighted by molar-refractivity contribution is -0.131. The van der Waals surface area contributed by atoms with Crippen LogP contribution in [0, 0.1) is 6.92 Å². The van der Waals surface area contributed by atoms with Gasteiger partial charge < -0.3 is 15.1 Å². The Morgan fingerprint density at radius 1 is 0.906 bits per heavy atom. The Kier molecular flexibility index (Phi) is 6.84. The monoisotopic (exact) mass is 431 g/mol. The van der Waals surface area contributed by atoms with Crippen molar-refractivity contribution in [1.82, 2.24) is 24.9 Å². The maximum absolute atomic E-state index is 12.6. The Morgan fingerprint density at radius 2 is 1.62 bits per heavy atom. The summed E-state index contributed by atoms with van der Waals surface area (Å²) in [6, 6.07) is 18.0. The van der Waals surface area contributed by atoms with E-state index in [9.17, 15) is 9.59 Å². The lowest BCUT2D eigenvalue weighted by atomic mass is 10.1. The zero-order valence-electron chi connectivity index (χ0n) is 18.4. The number of benzene rings is 2. The van der Waals surface area contributed by atoms with E-state index in [1.165, 1.54) is 5.56 Å². The van der Waals surface area contributed by atoms with Crippen molar-refractivity contribution in [3.05, 3.63) is 89.2 Å². The maximum atomic E-state index is 12.6. The molecule has 0 aliphatic carbocycles. The molecule has 2 heterocycles. The molecule has 1 aliphatic rings. The zero-order chi connectivity index (χ0) is 22.3. The third-order valence-electron chi connectivity index (χ3n) is 5.73. The maximum Gasteiger partial charge on any atom is 0.317 e. The molecule has 7 nitrogen and oxygen atoms in total. The van der Waals surface area contributed by atoms with Gasteiger partial charge in [0, 0.05) is 45.1 Å². The summed E-state index contributed by atoms with van der Waals surface area (Å²) in [6.07, 6.45) is 4.10. The fourth-order valence-electron chi connectivity index (χ4n) is 3.86. The molecular weight excluding hydrogens is 402 g/mol. The van der Waals surface area contributed by atoms with Gasteiger partial charge in [-0.05, 0) is 29.7 Å². The second-order valence-electron chi connectivity index (χ2n) is 8.21. The highest BCUT2D eigenvalue weighted by molar-refractivity contribution is 5.79. The van der Waals surface area contributed by atoms with Crippen LogP contribution in [0.5, 0.6) is 0 Å². The van der Waals surface area contributed by atoms with Gasteiger partial charge in [0.15, 0.2) is 0 Å². The molecule has 1 aliphatic heterocycles. The first-order valence-electron chi connectivity index (χ1n) is 11.0. The average molecular weight is 432 g/mol. The van der Waals surface area contributed by atoms with E-state index in [2.05, 4.69) is 22.5 Å². The summed E-state index contributed by atoms with van der Waals surface area (Å²) in [5, 5.41) is 7.24. The van der Waals surface area contributed by atoms with E-state index in [1.54, 1.807) is 11.1 Å². The van der Waals surface area contributed by atoms with E-state index in [0.717, 1.165) is 16.7 Å². The Bertz CT molecular complexity index is 1040. The van der Waals surface area contributed by atoms with Crippen LogP contribution in [0.1, 0.15) is 22.3 Å². The molecule has 0 bridgehead atoms. The van der Waals surface area contributed by atoms with Gasteiger partial charge in [0.25, 0.3) is 0 Å². The van der Waals surface area contributed by atoms with Gasteiger partial charge >= 0.3 is 6.03 Å². The largest absolute Gasteiger partial charge is 0.339 e. The van der Waals surface area contributed by atoms with Crippen molar-refractivity contribution >= 4 is 11.9 Å². The van der Waals surface area contributed by atoms with Crippen molar-refractivity contribution in [3.63, 3.8) is 0 Å². The highest BCUT2D eigenvalue weighted by Gasteiger charge is 2.24.